The topological polar surface area (TPSA) is 86.7 Å². The number of anilines is 1. The highest BCUT2D eigenvalue weighted by Crippen LogP contribution is 2.35. The molecule has 3 rings (SSSR count). The molecule has 1 aliphatic heterocycles. The van der Waals surface area contributed by atoms with Crippen molar-refractivity contribution in [3.63, 3.8) is 0 Å². The lowest BCUT2D eigenvalue weighted by molar-refractivity contribution is -0.153. The molecule has 1 heterocycles. The number of nitrogens with zero attached hydrogens (tertiary/aromatic N) is 1. The Balaban J connectivity index is 1.66. The standard InChI is InChI=1S/C18H22N2O4/c1-11-4-6-12(7-5-11)20-10-2-3-15(17(20)22)19-16(21)13-8-9-14(13)18(23)24/h4-7,13-15H,2-3,8-10H2,1H3,(H,19,21)(H,23,24). The number of benzene rings is 1. The fraction of sp³-hybridized carbons (Fsp3) is 0.500. The van der Waals surface area contributed by atoms with Crippen LogP contribution in [0.15, 0.2) is 24.3 Å². The lowest BCUT2D eigenvalue weighted by atomic mass is 9.73. The van der Waals surface area contributed by atoms with Gasteiger partial charge in [-0.15, -0.1) is 0 Å². The van der Waals surface area contributed by atoms with Crippen molar-refractivity contribution < 1.29 is 19.5 Å². The van der Waals surface area contributed by atoms with Gasteiger partial charge in [-0.25, -0.2) is 0 Å². The highest BCUT2D eigenvalue weighted by molar-refractivity contribution is 6.00. The van der Waals surface area contributed by atoms with Crippen molar-refractivity contribution in [3.8, 4) is 0 Å². The van der Waals surface area contributed by atoms with Crippen LogP contribution in [0.5, 0.6) is 0 Å². The number of piperidine rings is 1. The van der Waals surface area contributed by atoms with E-state index in [2.05, 4.69) is 5.32 Å². The minimum Gasteiger partial charge on any atom is -0.481 e. The molecule has 1 aliphatic carbocycles. The molecular formula is C18H22N2O4. The summed E-state index contributed by atoms with van der Waals surface area (Å²) >= 11 is 0. The zero-order valence-corrected chi connectivity index (χ0v) is 13.7. The SMILES string of the molecule is Cc1ccc(N2CCCC(NC(=O)C3CCC3C(=O)O)C2=O)cc1. The molecular weight excluding hydrogens is 308 g/mol. The maximum atomic E-state index is 12.7. The average molecular weight is 330 g/mol. The normalized spacial score (nSPS) is 26.6. The lowest BCUT2D eigenvalue weighted by Crippen LogP contribution is -2.55. The van der Waals surface area contributed by atoms with Gasteiger partial charge in [0, 0.05) is 12.2 Å². The van der Waals surface area contributed by atoms with Gasteiger partial charge < -0.3 is 15.3 Å². The van der Waals surface area contributed by atoms with Gasteiger partial charge in [0.1, 0.15) is 6.04 Å². The number of carbonyl (C=O) groups excluding carboxylic acids is 2. The van der Waals surface area contributed by atoms with E-state index in [0.29, 0.717) is 25.8 Å². The second-order valence-electron chi connectivity index (χ2n) is 6.66. The molecule has 2 N–H and O–H groups in total. The summed E-state index contributed by atoms with van der Waals surface area (Å²) in [6, 6.07) is 7.16. The number of carboxylic acid groups (broad SMARTS) is 1. The van der Waals surface area contributed by atoms with Crippen molar-refractivity contribution in [3.05, 3.63) is 29.8 Å². The van der Waals surface area contributed by atoms with E-state index >= 15 is 0 Å². The van der Waals surface area contributed by atoms with Gasteiger partial charge in [0.2, 0.25) is 11.8 Å². The Labute approximate surface area is 140 Å². The quantitative estimate of drug-likeness (QED) is 0.880. The molecule has 1 saturated heterocycles. The Kier molecular flexibility index (Phi) is 4.55. The third-order valence-electron chi connectivity index (χ3n) is 5.03. The van der Waals surface area contributed by atoms with E-state index in [-0.39, 0.29) is 11.8 Å². The van der Waals surface area contributed by atoms with Gasteiger partial charge in [-0.1, -0.05) is 17.7 Å². The number of hydrogen-bond donors (Lipinski definition) is 2. The predicted molar refractivity (Wildman–Crippen MR) is 88.5 cm³/mol. The molecule has 0 radical (unpaired) electrons. The Morgan fingerprint density at radius 2 is 1.79 bits per heavy atom. The first-order valence-electron chi connectivity index (χ1n) is 8.38. The first kappa shape index (κ1) is 16.5. The van der Waals surface area contributed by atoms with Crippen LogP contribution in [0, 0.1) is 18.8 Å². The maximum Gasteiger partial charge on any atom is 0.307 e. The van der Waals surface area contributed by atoms with Gasteiger partial charge in [0.05, 0.1) is 11.8 Å². The van der Waals surface area contributed by atoms with Gasteiger partial charge in [-0.3, -0.25) is 14.4 Å². The fourth-order valence-corrected chi connectivity index (χ4v) is 3.38. The van der Waals surface area contributed by atoms with Crippen LogP contribution in [-0.2, 0) is 14.4 Å². The molecule has 1 aromatic carbocycles. The van der Waals surface area contributed by atoms with E-state index in [1.54, 1.807) is 4.90 Å². The molecule has 0 bridgehead atoms. The number of aryl methyl sites for hydroxylation is 1. The number of nitrogens with one attached hydrogen (secondary N) is 1. The van der Waals surface area contributed by atoms with E-state index in [4.69, 9.17) is 5.11 Å². The molecule has 6 nitrogen and oxygen atoms in total. The van der Waals surface area contributed by atoms with Crippen molar-refractivity contribution in [2.45, 2.75) is 38.6 Å². The smallest absolute Gasteiger partial charge is 0.307 e. The van der Waals surface area contributed by atoms with Gasteiger partial charge in [0.25, 0.3) is 0 Å². The highest BCUT2D eigenvalue weighted by Gasteiger charge is 2.43. The van der Waals surface area contributed by atoms with Crippen LogP contribution in [0.3, 0.4) is 0 Å². The Bertz CT molecular complexity index is 655. The zero-order chi connectivity index (χ0) is 17.3. The number of carboxylic acids is 1. The van der Waals surface area contributed by atoms with Gasteiger partial charge in [-0.05, 0) is 44.7 Å². The minimum atomic E-state index is -0.933. The van der Waals surface area contributed by atoms with E-state index in [1.165, 1.54) is 0 Å². The van der Waals surface area contributed by atoms with Crippen molar-refractivity contribution in [2.75, 3.05) is 11.4 Å². The number of hydrogen-bond acceptors (Lipinski definition) is 3. The van der Waals surface area contributed by atoms with Crippen molar-refractivity contribution in [1.29, 1.82) is 0 Å². The van der Waals surface area contributed by atoms with E-state index in [0.717, 1.165) is 17.7 Å². The van der Waals surface area contributed by atoms with Crippen LogP contribution in [0.25, 0.3) is 0 Å². The van der Waals surface area contributed by atoms with E-state index in [1.807, 2.05) is 31.2 Å². The third-order valence-corrected chi connectivity index (χ3v) is 5.03. The van der Waals surface area contributed by atoms with Crippen LogP contribution < -0.4 is 10.2 Å². The number of aliphatic carboxylic acids is 1. The van der Waals surface area contributed by atoms with Crippen molar-refractivity contribution >= 4 is 23.5 Å². The number of rotatable bonds is 4. The second kappa shape index (κ2) is 6.63. The summed E-state index contributed by atoms with van der Waals surface area (Å²) < 4.78 is 0. The lowest BCUT2D eigenvalue weighted by Gasteiger charge is -2.36. The van der Waals surface area contributed by atoms with Crippen LogP contribution in [-0.4, -0.2) is 35.5 Å². The molecule has 2 amide bonds. The Hall–Kier alpha value is -2.37. The molecule has 1 saturated carbocycles. The van der Waals surface area contributed by atoms with Crippen molar-refractivity contribution in [1.82, 2.24) is 5.32 Å². The fourth-order valence-electron chi connectivity index (χ4n) is 3.38. The summed E-state index contributed by atoms with van der Waals surface area (Å²) in [7, 11) is 0. The number of amides is 2. The predicted octanol–water partition coefficient (Wildman–Crippen LogP) is 1.72. The van der Waals surface area contributed by atoms with Gasteiger partial charge in [0.15, 0.2) is 0 Å². The summed E-state index contributed by atoms with van der Waals surface area (Å²) in [5.41, 5.74) is 1.95. The molecule has 2 aliphatic rings. The first-order valence-corrected chi connectivity index (χ1v) is 8.38. The maximum absolute atomic E-state index is 12.7. The van der Waals surface area contributed by atoms with Gasteiger partial charge in [-0.2, -0.15) is 0 Å². The van der Waals surface area contributed by atoms with Crippen LogP contribution in [0.4, 0.5) is 5.69 Å². The van der Waals surface area contributed by atoms with E-state index in [9.17, 15) is 14.4 Å². The Morgan fingerprint density at radius 1 is 1.12 bits per heavy atom. The molecule has 128 valence electrons. The second-order valence-corrected chi connectivity index (χ2v) is 6.66. The van der Waals surface area contributed by atoms with Crippen LogP contribution in [0.2, 0.25) is 0 Å². The highest BCUT2D eigenvalue weighted by atomic mass is 16.4. The van der Waals surface area contributed by atoms with Crippen LogP contribution >= 0.6 is 0 Å². The molecule has 0 aromatic heterocycles. The molecule has 0 spiro atoms. The summed E-state index contributed by atoms with van der Waals surface area (Å²) in [5, 5.41) is 11.8. The Morgan fingerprint density at radius 3 is 2.38 bits per heavy atom. The third kappa shape index (κ3) is 3.13. The molecule has 3 unspecified atom stereocenters. The zero-order valence-electron chi connectivity index (χ0n) is 13.7. The first-order chi connectivity index (χ1) is 11.5. The summed E-state index contributed by atoms with van der Waals surface area (Å²) in [6.07, 6.45) is 2.50. The van der Waals surface area contributed by atoms with Crippen molar-refractivity contribution in [2.24, 2.45) is 11.8 Å². The molecule has 1 aromatic rings. The largest absolute Gasteiger partial charge is 0.481 e. The molecule has 2 fully saturated rings. The summed E-state index contributed by atoms with van der Waals surface area (Å²) in [6.45, 7) is 2.62. The van der Waals surface area contributed by atoms with E-state index < -0.39 is 23.8 Å². The molecule has 6 heteroatoms. The molecule has 24 heavy (non-hydrogen) atoms. The summed E-state index contributed by atoms with van der Waals surface area (Å²) in [5.74, 6) is -2.48. The van der Waals surface area contributed by atoms with Crippen LogP contribution in [0.1, 0.15) is 31.2 Å². The summed E-state index contributed by atoms with van der Waals surface area (Å²) in [4.78, 5) is 37.7. The van der Waals surface area contributed by atoms with Gasteiger partial charge >= 0.3 is 5.97 Å². The molecule has 3 atom stereocenters. The number of carbonyl (C=O) groups is 3. The monoisotopic (exact) mass is 330 g/mol. The minimum absolute atomic E-state index is 0.121. The average Bonchev–Trinajstić information content (AvgIpc) is 2.48.